The molecule has 8 heteroatoms. The van der Waals surface area contributed by atoms with E-state index in [4.69, 9.17) is 33.2 Å². The zero-order valence-corrected chi connectivity index (χ0v) is 19.6. The second-order valence-electron chi connectivity index (χ2n) is 7.27. The van der Waals surface area contributed by atoms with Gasteiger partial charge in [-0.1, -0.05) is 73.6 Å². The van der Waals surface area contributed by atoms with Gasteiger partial charge in [0.15, 0.2) is 10.8 Å². The Bertz CT molecular complexity index is 1170. The summed E-state index contributed by atoms with van der Waals surface area (Å²) in [5.74, 6) is 0.704. The van der Waals surface area contributed by atoms with Crippen molar-refractivity contribution in [3.63, 3.8) is 0 Å². The van der Waals surface area contributed by atoms with E-state index >= 15 is 0 Å². The highest BCUT2D eigenvalue weighted by Gasteiger charge is 2.18. The number of thioether (sulfide) groups is 1. The second-order valence-corrected chi connectivity index (χ2v) is 9.64. The summed E-state index contributed by atoms with van der Waals surface area (Å²) < 4.78 is 1.85. The quantitative estimate of drug-likeness (QED) is 0.169. The van der Waals surface area contributed by atoms with E-state index in [0.29, 0.717) is 27.8 Å². The highest BCUT2D eigenvalue weighted by Crippen LogP contribution is 2.31. The van der Waals surface area contributed by atoms with Crippen LogP contribution < -0.4 is 5.32 Å². The number of hydrogen-bond donors (Lipinski definition) is 1. The maximum Gasteiger partial charge on any atom is 0.191 e. The predicted molar refractivity (Wildman–Crippen MR) is 131 cm³/mol. The number of nitrogens with zero attached hydrogens (tertiary/aromatic N) is 4. The number of hydrogen-bond acceptors (Lipinski definition) is 5. The van der Waals surface area contributed by atoms with Crippen LogP contribution in [0.1, 0.15) is 31.2 Å². The van der Waals surface area contributed by atoms with Crippen molar-refractivity contribution in [2.45, 2.75) is 42.6 Å². The van der Waals surface area contributed by atoms with E-state index in [0.717, 1.165) is 28.7 Å². The molecule has 1 N–H and O–H groups in total. The fourth-order valence-corrected chi connectivity index (χ4v) is 4.38. The zero-order chi connectivity index (χ0) is 21.8. The molecule has 0 aliphatic carbocycles. The third kappa shape index (κ3) is 5.32. The topological polar surface area (TPSA) is 55.6 Å². The fraction of sp³-hybridized carbons (Fsp3) is 0.261. The summed E-state index contributed by atoms with van der Waals surface area (Å²) in [4.78, 5) is 9.59. The third-order valence-corrected chi connectivity index (χ3v) is 6.69. The first kappa shape index (κ1) is 21.9. The van der Waals surface area contributed by atoms with Gasteiger partial charge in [-0.3, -0.25) is 0 Å². The van der Waals surface area contributed by atoms with Crippen molar-refractivity contribution in [3.8, 4) is 0 Å². The third-order valence-electron chi connectivity index (χ3n) is 4.94. The summed E-state index contributed by atoms with van der Waals surface area (Å²) in [6.07, 6.45) is 2.81. The number of aromatic nitrogens is 4. The standard InChI is InChI=1S/C23H23Cl2N5S/c1-3-15(2)31-23-28-21(27-18-11-7-10-17(24)12-18)19-13-26-30(22(19)29-23)14-20(25)16-8-5-4-6-9-16/h4-13,15,20H,3,14H2,1-2H3,(H,27,28,29). The molecule has 0 saturated heterocycles. The number of rotatable bonds is 8. The Balaban J connectivity index is 1.72. The molecule has 2 aromatic carbocycles. The van der Waals surface area contributed by atoms with Crippen LogP contribution in [0.4, 0.5) is 11.5 Å². The molecule has 2 heterocycles. The second kappa shape index (κ2) is 9.90. The molecule has 0 amide bonds. The monoisotopic (exact) mass is 471 g/mol. The lowest BCUT2D eigenvalue weighted by atomic mass is 10.1. The maximum absolute atomic E-state index is 6.69. The van der Waals surface area contributed by atoms with E-state index < -0.39 is 0 Å². The van der Waals surface area contributed by atoms with Gasteiger partial charge in [-0.15, -0.1) is 11.6 Å². The van der Waals surface area contributed by atoms with E-state index in [-0.39, 0.29) is 5.38 Å². The molecule has 0 aliphatic rings. The summed E-state index contributed by atoms with van der Waals surface area (Å²) in [5, 5.41) is 10.4. The van der Waals surface area contributed by atoms with Gasteiger partial charge in [0.25, 0.3) is 0 Å². The van der Waals surface area contributed by atoms with Crippen molar-refractivity contribution in [1.29, 1.82) is 0 Å². The van der Waals surface area contributed by atoms with Crippen LogP contribution in [0.5, 0.6) is 0 Å². The van der Waals surface area contributed by atoms with Crippen LogP contribution >= 0.6 is 35.0 Å². The van der Waals surface area contributed by atoms with Crippen molar-refractivity contribution < 1.29 is 0 Å². The molecule has 2 aromatic heterocycles. The Labute approximate surface area is 196 Å². The normalized spacial score (nSPS) is 13.3. The van der Waals surface area contributed by atoms with Gasteiger partial charge in [-0.05, 0) is 30.2 Å². The van der Waals surface area contributed by atoms with Gasteiger partial charge >= 0.3 is 0 Å². The van der Waals surface area contributed by atoms with Crippen molar-refractivity contribution in [3.05, 3.63) is 71.4 Å². The molecule has 2 atom stereocenters. The van der Waals surface area contributed by atoms with E-state index in [1.54, 1.807) is 18.0 Å². The number of nitrogens with one attached hydrogen (secondary N) is 1. The maximum atomic E-state index is 6.69. The summed E-state index contributed by atoms with van der Waals surface area (Å²) in [6, 6.07) is 17.6. The highest BCUT2D eigenvalue weighted by molar-refractivity contribution is 7.99. The van der Waals surface area contributed by atoms with E-state index in [1.807, 2.05) is 59.3 Å². The molecule has 0 aliphatic heterocycles. The van der Waals surface area contributed by atoms with Crippen molar-refractivity contribution in [2.24, 2.45) is 0 Å². The van der Waals surface area contributed by atoms with Crippen LogP contribution in [-0.2, 0) is 6.54 Å². The van der Waals surface area contributed by atoms with Gasteiger partial charge in [0.05, 0.1) is 23.5 Å². The zero-order valence-electron chi connectivity index (χ0n) is 17.3. The molecular weight excluding hydrogens is 449 g/mol. The van der Waals surface area contributed by atoms with Gasteiger partial charge in [-0.2, -0.15) is 5.10 Å². The Morgan fingerprint density at radius 2 is 1.90 bits per heavy atom. The Morgan fingerprint density at radius 1 is 1.10 bits per heavy atom. The molecule has 4 aromatic rings. The molecule has 160 valence electrons. The van der Waals surface area contributed by atoms with Crippen LogP contribution in [0.25, 0.3) is 11.0 Å². The van der Waals surface area contributed by atoms with Crippen molar-refractivity contribution >= 4 is 57.5 Å². The lowest BCUT2D eigenvalue weighted by Crippen LogP contribution is -2.08. The SMILES string of the molecule is CCC(C)Sc1nc(Nc2cccc(Cl)c2)c2cnn(CC(Cl)c3ccccc3)c2n1. The first-order valence-electron chi connectivity index (χ1n) is 10.1. The van der Waals surface area contributed by atoms with Gasteiger partial charge in [0.2, 0.25) is 0 Å². The number of alkyl halides is 1. The van der Waals surface area contributed by atoms with E-state index in [9.17, 15) is 0 Å². The van der Waals surface area contributed by atoms with Gasteiger partial charge in [0, 0.05) is 16.0 Å². The van der Waals surface area contributed by atoms with Gasteiger partial charge in [0.1, 0.15) is 5.82 Å². The molecule has 0 bridgehead atoms. The lowest BCUT2D eigenvalue weighted by molar-refractivity contribution is 0.613. The molecular formula is C23H23Cl2N5S. The van der Waals surface area contributed by atoms with E-state index in [1.165, 1.54) is 0 Å². The number of halogens is 2. The molecule has 0 fully saturated rings. The molecule has 5 nitrogen and oxygen atoms in total. The molecule has 31 heavy (non-hydrogen) atoms. The van der Waals surface area contributed by atoms with E-state index in [2.05, 4.69) is 24.3 Å². The average Bonchev–Trinajstić information content (AvgIpc) is 3.17. The van der Waals surface area contributed by atoms with Crippen LogP contribution in [0.15, 0.2) is 66.0 Å². The summed E-state index contributed by atoms with van der Waals surface area (Å²) >= 11 is 14.5. The summed E-state index contributed by atoms with van der Waals surface area (Å²) in [7, 11) is 0. The minimum absolute atomic E-state index is 0.214. The smallest absolute Gasteiger partial charge is 0.191 e. The molecule has 0 radical (unpaired) electrons. The predicted octanol–water partition coefficient (Wildman–Crippen LogP) is 7.09. The van der Waals surface area contributed by atoms with Crippen molar-refractivity contribution in [2.75, 3.05) is 5.32 Å². The fourth-order valence-electron chi connectivity index (χ4n) is 3.10. The summed E-state index contributed by atoms with van der Waals surface area (Å²) in [6.45, 7) is 4.84. The van der Waals surface area contributed by atoms with Crippen molar-refractivity contribution in [1.82, 2.24) is 19.7 Å². The van der Waals surface area contributed by atoms with Gasteiger partial charge in [-0.25, -0.2) is 14.6 Å². The minimum Gasteiger partial charge on any atom is -0.339 e. The first-order valence-corrected chi connectivity index (χ1v) is 11.8. The number of fused-ring (bicyclic) bond motifs is 1. The highest BCUT2D eigenvalue weighted by atomic mass is 35.5. The Kier molecular flexibility index (Phi) is 7.00. The van der Waals surface area contributed by atoms with Crippen LogP contribution in [0.2, 0.25) is 5.02 Å². The first-order chi connectivity index (χ1) is 15.0. The molecule has 2 unspecified atom stereocenters. The summed E-state index contributed by atoms with van der Waals surface area (Å²) in [5.41, 5.74) is 2.67. The minimum atomic E-state index is -0.214. The lowest BCUT2D eigenvalue weighted by Gasteiger charge is -2.13. The Morgan fingerprint density at radius 3 is 2.65 bits per heavy atom. The molecule has 0 spiro atoms. The molecule has 4 rings (SSSR count). The van der Waals surface area contributed by atoms with Crippen LogP contribution in [0, 0.1) is 0 Å². The van der Waals surface area contributed by atoms with Crippen LogP contribution in [0.3, 0.4) is 0 Å². The molecule has 0 saturated carbocycles. The number of benzene rings is 2. The van der Waals surface area contributed by atoms with Gasteiger partial charge < -0.3 is 5.32 Å². The van der Waals surface area contributed by atoms with Crippen LogP contribution in [-0.4, -0.2) is 25.0 Å². The average molecular weight is 472 g/mol. The largest absolute Gasteiger partial charge is 0.339 e. The number of anilines is 2. The Hall–Kier alpha value is -2.28.